The minimum Gasteiger partial charge on any atom is -0.353 e. The lowest BCUT2D eigenvalue weighted by atomic mass is 9.96. The number of hydrogen-bond donors (Lipinski definition) is 1. The molecule has 0 aromatic carbocycles. The number of Topliss-reactive ketones (excluding diaryl/α,β-unsaturated/α-hetero) is 1. The standard InChI is InChI=1S/C12H14F3N3O3/c13-12(14,15)8-1-3-17(4-2-8)7-11(19)10-5-9(6-16-10)18(20)21/h5-6,8,16H,1-4,7H2. The molecule has 2 rings (SSSR count). The first kappa shape index (κ1) is 15.5. The fraction of sp³-hybridized carbons (Fsp3) is 0.583. The second-order valence-electron chi connectivity index (χ2n) is 5.04. The predicted molar refractivity (Wildman–Crippen MR) is 67.0 cm³/mol. The van der Waals surface area contributed by atoms with Gasteiger partial charge in [-0.05, 0) is 25.9 Å². The number of carbonyl (C=O) groups excluding carboxylic acids is 1. The van der Waals surface area contributed by atoms with Crippen molar-refractivity contribution in [3.63, 3.8) is 0 Å². The number of nitrogens with zero attached hydrogens (tertiary/aromatic N) is 2. The minimum atomic E-state index is -4.18. The molecule has 1 fully saturated rings. The van der Waals surface area contributed by atoms with Gasteiger partial charge in [-0.1, -0.05) is 0 Å². The third-order valence-electron chi connectivity index (χ3n) is 3.60. The van der Waals surface area contributed by atoms with Gasteiger partial charge in [-0.15, -0.1) is 0 Å². The summed E-state index contributed by atoms with van der Waals surface area (Å²) in [6, 6.07) is 1.13. The maximum Gasteiger partial charge on any atom is 0.391 e. The molecule has 116 valence electrons. The number of piperidine rings is 1. The molecule has 1 aliphatic heterocycles. The quantitative estimate of drug-likeness (QED) is 0.526. The van der Waals surface area contributed by atoms with Crippen LogP contribution in [0.15, 0.2) is 12.3 Å². The van der Waals surface area contributed by atoms with E-state index in [-0.39, 0.29) is 49.6 Å². The molecule has 0 aliphatic carbocycles. The van der Waals surface area contributed by atoms with Crippen LogP contribution in [0.3, 0.4) is 0 Å². The molecule has 1 aliphatic rings. The van der Waals surface area contributed by atoms with Gasteiger partial charge in [0.2, 0.25) is 0 Å². The average molecular weight is 305 g/mol. The molecule has 9 heteroatoms. The van der Waals surface area contributed by atoms with Gasteiger partial charge in [-0.2, -0.15) is 13.2 Å². The van der Waals surface area contributed by atoms with Crippen LogP contribution in [0.1, 0.15) is 23.3 Å². The van der Waals surface area contributed by atoms with E-state index < -0.39 is 17.0 Å². The lowest BCUT2D eigenvalue weighted by Gasteiger charge is -2.32. The first-order valence-corrected chi connectivity index (χ1v) is 6.42. The van der Waals surface area contributed by atoms with Gasteiger partial charge in [-0.3, -0.25) is 19.8 Å². The van der Waals surface area contributed by atoms with E-state index in [0.717, 1.165) is 12.3 Å². The Balaban J connectivity index is 1.88. The summed E-state index contributed by atoms with van der Waals surface area (Å²) < 4.78 is 37.6. The van der Waals surface area contributed by atoms with E-state index >= 15 is 0 Å². The number of hydrogen-bond acceptors (Lipinski definition) is 4. The van der Waals surface area contributed by atoms with Crippen molar-refractivity contribution in [2.75, 3.05) is 19.6 Å². The summed E-state index contributed by atoms with van der Waals surface area (Å²) in [5.41, 5.74) is -0.117. The molecule has 0 unspecified atom stereocenters. The number of rotatable bonds is 4. The van der Waals surface area contributed by atoms with Crippen LogP contribution in [0.2, 0.25) is 0 Å². The topological polar surface area (TPSA) is 79.2 Å². The smallest absolute Gasteiger partial charge is 0.353 e. The predicted octanol–water partition coefficient (Wildman–Crippen LogP) is 2.38. The third kappa shape index (κ3) is 3.81. The number of carbonyl (C=O) groups is 1. The first-order valence-electron chi connectivity index (χ1n) is 6.42. The number of alkyl halides is 3. The lowest BCUT2D eigenvalue weighted by molar-refractivity contribution is -0.384. The van der Waals surface area contributed by atoms with Crippen molar-refractivity contribution in [3.8, 4) is 0 Å². The number of nitro groups is 1. The molecule has 1 saturated heterocycles. The molecule has 0 amide bonds. The number of aromatic amines is 1. The molecule has 0 atom stereocenters. The van der Waals surface area contributed by atoms with Crippen LogP contribution >= 0.6 is 0 Å². The van der Waals surface area contributed by atoms with Crippen molar-refractivity contribution in [2.45, 2.75) is 19.0 Å². The van der Waals surface area contributed by atoms with Crippen LogP contribution in [0.5, 0.6) is 0 Å². The van der Waals surface area contributed by atoms with Gasteiger partial charge in [0.15, 0.2) is 5.78 Å². The largest absolute Gasteiger partial charge is 0.391 e. The van der Waals surface area contributed by atoms with Gasteiger partial charge in [-0.25, -0.2) is 0 Å². The normalized spacial score (nSPS) is 17.9. The van der Waals surface area contributed by atoms with Crippen LogP contribution in [0, 0.1) is 16.0 Å². The second kappa shape index (κ2) is 5.84. The van der Waals surface area contributed by atoms with Crippen LogP contribution < -0.4 is 0 Å². The summed E-state index contributed by atoms with van der Waals surface area (Å²) in [6.45, 7) is 0.347. The van der Waals surface area contributed by atoms with E-state index in [2.05, 4.69) is 4.98 Å². The number of halogens is 3. The van der Waals surface area contributed by atoms with Crippen molar-refractivity contribution in [2.24, 2.45) is 5.92 Å². The Labute approximate surface area is 118 Å². The summed E-state index contributed by atoms with van der Waals surface area (Å²) in [6.07, 6.45) is -3.12. The number of nitrogens with one attached hydrogen (secondary N) is 1. The highest BCUT2D eigenvalue weighted by atomic mass is 19.4. The number of aromatic nitrogens is 1. The molecule has 1 aromatic heterocycles. The zero-order chi connectivity index (χ0) is 15.6. The first-order chi connectivity index (χ1) is 9.77. The van der Waals surface area contributed by atoms with Crippen LogP contribution in [0.4, 0.5) is 18.9 Å². The Morgan fingerprint density at radius 2 is 2.05 bits per heavy atom. The lowest BCUT2D eigenvalue weighted by Crippen LogP contribution is -2.41. The Hall–Kier alpha value is -1.90. The van der Waals surface area contributed by atoms with E-state index in [0.29, 0.717) is 0 Å². The molecule has 0 bridgehead atoms. The van der Waals surface area contributed by atoms with Crippen LogP contribution in [0.25, 0.3) is 0 Å². The van der Waals surface area contributed by atoms with Crippen molar-refractivity contribution >= 4 is 11.5 Å². The molecule has 0 saturated carbocycles. The Bertz CT molecular complexity index is 533. The van der Waals surface area contributed by atoms with Crippen LogP contribution in [-0.2, 0) is 0 Å². The molecular weight excluding hydrogens is 291 g/mol. The Kier molecular flexibility index (Phi) is 4.31. The highest BCUT2D eigenvalue weighted by Crippen LogP contribution is 2.34. The SMILES string of the molecule is O=C(CN1CCC(C(F)(F)F)CC1)c1cc([N+](=O)[O-])c[nH]1. The third-order valence-corrected chi connectivity index (χ3v) is 3.60. The molecule has 2 heterocycles. The summed E-state index contributed by atoms with van der Waals surface area (Å²) in [4.78, 5) is 25.9. The van der Waals surface area contributed by atoms with E-state index in [4.69, 9.17) is 0 Å². The highest BCUT2D eigenvalue weighted by Gasteiger charge is 2.41. The highest BCUT2D eigenvalue weighted by molar-refractivity contribution is 5.96. The summed E-state index contributed by atoms with van der Waals surface area (Å²) >= 11 is 0. The molecule has 1 N–H and O–H groups in total. The second-order valence-corrected chi connectivity index (χ2v) is 5.04. The van der Waals surface area contributed by atoms with E-state index in [1.807, 2.05) is 0 Å². The monoisotopic (exact) mass is 305 g/mol. The molecule has 0 spiro atoms. The summed E-state index contributed by atoms with van der Waals surface area (Å²) in [5, 5.41) is 10.5. The number of H-pyrrole nitrogens is 1. The molecule has 1 aromatic rings. The zero-order valence-electron chi connectivity index (χ0n) is 11.0. The van der Waals surface area contributed by atoms with Gasteiger partial charge in [0.1, 0.15) is 0 Å². The van der Waals surface area contributed by atoms with E-state index in [9.17, 15) is 28.1 Å². The van der Waals surface area contributed by atoms with Crippen LogP contribution in [-0.4, -0.2) is 46.4 Å². The Morgan fingerprint density at radius 1 is 1.43 bits per heavy atom. The van der Waals surface area contributed by atoms with Crippen molar-refractivity contribution in [3.05, 3.63) is 28.1 Å². The van der Waals surface area contributed by atoms with E-state index in [1.54, 1.807) is 4.90 Å². The minimum absolute atomic E-state index is 0.0261. The maximum atomic E-state index is 12.5. The van der Waals surface area contributed by atoms with Crippen molar-refractivity contribution < 1.29 is 22.9 Å². The van der Waals surface area contributed by atoms with Crippen molar-refractivity contribution in [1.82, 2.24) is 9.88 Å². The van der Waals surface area contributed by atoms with Gasteiger partial charge in [0.25, 0.3) is 5.69 Å². The van der Waals surface area contributed by atoms with Crippen molar-refractivity contribution in [1.29, 1.82) is 0 Å². The number of likely N-dealkylation sites (tertiary alicyclic amines) is 1. The molecule has 6 nitrogen and oxygen atoms in total. The van der Waals surface area contributed by atoms with Gasteiger partial charge in [0, 0.05) is 6.07 Å². The van der Waals surface area contributed by atoms with E-state index in [1.165, 1.54) is 0 Å². The summed E-state index contributed by atoms with van der Waals surface area (Å²) in [5.74, 6) is -1.68. The molecule has 0 radical (unpaired) electrons. The fourth-order valence-electron chi connectivity index (χ4n) is 2.36. The maximum absolute atomic E-state index is 12.5. The fourth-order valence-corrected chi connectivity index (χ4v) is 2.36. The molecular formula is C12H14F3N3O3. The van der Waals surface area contributed by atoms with Gasteiger partial charge < -0.3 is 4.98 Å². The van der Waals surface area contributed by atoms with Gasteiger partial charge >= 0.3 is 6.18 Å². The van der Waals surface area contributed by atoms with Gasteiger partial charge in [0.05, 0.1) is 29.3 Å². The Morgan fingerprint density at radius 3 is 2.52 bits per heavy atom. The summed E-state index contributed by atoms with van der Waals surface area (Å²) in [7, 11) is 0. The number of ketones is 1. The average Bonchev–Trinajstić information content (AvgIpc) is 2.88. The molecule has 21 heavy (non-hydrogen) atoms. The zero-order valence-corrected chi connectivity index (χ0v) is 11.0.